The maximum absolute atomic E-state index is 13.4. The molecule has 1 atom stereocenters. The third kappa shape index (κ3) is 3.70. The minimum atomic E-state index is -0.752. The zero-order chi connectivity index (χ0) is 22.0. The summed E-state index contributed by atoms with van der Waals surface area (Å²) in [6.45, 7) is 2.06. The number of carbonyl (C=O) groups excluding carboxylic acids is 2. The number of amides is 1. The van der Waals surface area contributed by atoms with E-state index in [-0.39, 0.29) is 11.4 Å². The highest BCUT2D eigenvalue weighted by Crippen LogP contribution is 2.42. The highest BCUT2D eigenvalue weighted by atomic mass is 16.5. The fraction of sp³-hybridized carbons (Fsp3) is 0.154. The summed E-state index contributed by atoms with van der Waals surface area (Å²) in [5, 5.41) is 10.8. The number of benzene rings is 3. The molecule has 156 valence electrons. The van der Waals surface area contributed by atoms with Crippen LogP contribution in [0.4, 0.5) is 5.69 Å². The van der Waals surface area contributed by atoms with Crippen LogP contribution in [0.25, 0.3) is 0 Å². The topological polar surface area (TPSA) is 66.8 Å². The Hall–Kier alpha value is -3.86. The number of ether oxygens (including phenoxy) is 1. The van der Waals surface area contributed by atoms with Gasteiger partial charge in [0.2, 0.25) is 0 Å². The van der Waals surface area contributed by atoms with Gasteiger partial charge in [0.1, 0.15) is 5.75 Å². The van der Waals surface area contributed by atoms with Crippen molar-refractivity contribution in [2.24, 2.45) is 0 Å². The fourth-order valence-corrected chi connectivity index (χ4v) is 3.86. The SMILES string of the molecule is CCc1ccc(C2C(C(=O)c3ccccc3)=C(O)C(=O)N2c2cccc(OC)c2)cc1. The van der Waals surface area contributed by atoms with Crippen molar-refractivity contribution in [2.75, 3.05) is 12.0 Å². The second-order valence-corrected chi connectivity index (χ2v) is 7.33. The first-order valence-electron chi connectivity index (χ1n) is 10.1. The van der Waals surface area contributed by atoms with Crippen LogP contribution in [0, 0.1) is 0 Å². The van der Waals surface area contributed by atoms with Crippen LogP contribution in [0.1, 0.15) is 34.5 Å². The summed E-state index contributed by atoms with van der Waals surface area (Å²) in [6.07, 6.45) is 0.875. The quantitative estimate of drug-likeness (QED) is 0.575. The number of ketones is 1. The van der Waals surface area contributed by atoms with E-state index in [2.05, 4.69) is 6.92 Å². The predicted molar refractivity (Wildman–Crippen MR) is 119 cm³/mol. The van der Waals surface area contributed by atoms with E-state index in [1.807, 2.05) is 30.3 Å². The molecule has 3 aromatic rings. The molecule has 3 aromatic carbocycles. The van der Waals surface area contributed by atoms with Gasteiger partial charge in [-0.15, -0.1) is 0 Å². The predicted octanol–water partition coefficient (Wildman–Crippen LogP) is 5.04. The van der Waals surface area contributed by atoms with Crippen molar-refractivity contribution in [3.63, 3.8) is 0 Å². The number of rotatable bonds is 6. The smallest absolute Gasteiger partial charge is 0.294 e. The lowest BCUT2D eigenvalue weighted by Gasteiger charge is -2.27. The Morgan fingerprint density at radius 1 is 1.00 bits per heavy atom. The minimum absolute atomic E-state index is 0.0725. The van der Waals surface area contributed by atoms with E-state index >= 15 is 0 Å². The van der Waals surface area contributed by atoms with Crippen LogP contribution < -0.4 is 9.64 Å². The number of hydrogen-bond donors (Lipinski definition) is 1. The van der Waals surface area contributed by atoms with Gasteiger partial charge in [-0.25, -0.2) is 0 Å². The van der Waals surface area contributed by atoms with Crippen LogP contribution >= 0.6 is 0 Å². The Bertz CT molecular complexity index is 1150. The second-order valence-electron chi connectivity index (χ2n) is 7.33. The summed E-state index contributed by atoms with van der Waals surface area (Å²) in [5.41, 5.74) is 2.92. The van der Waals surface area contributed by atoms with Gasteiger partial charge < -0.3 is 9.84 Å². The first-order valence-corrected chi connectivity index (χ1v) is 10.1. The molecule has 1 unspecified atom stereocenters. The number of Topliss-reactive ketones (excluding diaryl/α,β-unsaturated/α-hetero) is 1. The number of hydrogen-bond acceptors (Lipinski definition) is 4. The van der Waals surface area contributed by atoms with Crippen LogP contribution in [0.2, 0.25) is 0 Å². The van der Waals surface area contributed by atoms with Gasteiger partial charge in [0.25, 0.3) is 5.91 Å². The summed E-state index contributed by atoms with van der Waals surface area (Å²) in [6, 6.07) is 22.7. The molecular weight excluding hydrogens is 390 g/mol. The van der Waals surface area contributed by atoms with Gasteiger partial charge in [0, 0.05) is 17.3 Å². The van der Waals surface area contributed by atoms with Crippen LogP contribution in [0.5, 0.6) is 5.75 Å². The number of anilines is 1. The molecule has 0 saturated carbocycles. The lowest BCUT2D eigenvalue weighted by atomic mass is 9.92. The third-order valence-electron chi connectivity index (χ3n) is 5.52. The van der Waals surface area contributed by atoms with Crippen molar-refractivity contribution in [3.05, 3.63) is 107 Å². The molecule has 0 fully saturated rings. The Balaban J connectivity index is 1.87. The molecule has 0 saturated heterocycles. The maximum Gasteiger partial charge on any atom is 0.294 e. The van der Waals surface area contributed by atoms with Crippen LogP contribution in [-0.4, -0.2) is 23.9 Å². The zero-order valence-corrected chi connectivity index (χ0v) is 17.4. The van der Waals surface area contributed by atoms with E-state index in [1.165, 1.54) is 4.90 Å². The standard InChI is InChI=1S/C26H23NO4/c1-3-17-12-14-18(15-13-17)23-22(24(28)19-8-5-4-6-9-19)25(29)26(30)27(23)20-10-7-11-21(16-20)31-2/h4-16,23,29H,3H2,1-2H3. The van der Waals surface area contributed by atoms with Gasteiger partial charge in [-0.2, -0.15) is 0 Å². The first kappa shape index (κ1) is 20.4. The highest BCUT2D eigenvalue weighted by Gasteiger charge is 2.44. The van der Waals surface area contributed by atoms with Gasteiger partial charge in [-0.05, 0) is 29.7 Å². The average molecular weight is 413 g/mol. The van der Waals surface area contributed by atoms with E-state index in [9.17, 15) is 14.7 Å². The molecular formula is C26H23NO4. The summed E-state index contributed by atoms with van der Waals surface area (Å²) in [7, 11) is 1.55. The molecule has 0 spiro atoms. The van der Waals surface area contributed by atoms with Gasteiger partial charge in [0.15, 0.2) is 11.5 Å². The number of aliphatic hydroxyl groups is 1. The number of carbonyl (C=O) groups is 2. The fourth-order valence-electron chi connectivity index (χ4n) is 3.86. The Labute approximate surface area is 181 Å². The van der Waals surface area contributed by atoms with E-state index in [1.54, 1.807) is 55.6 Å². The number of aryl methyl sites for hydroxylation is 1. The van der Waals surface area contributed by atoms with Crippen LogP contribution in [-0.2, 0) is 11.2 Å². The third-order valence-corrected chi connectivity index (χ3v) is 5.52. The largest absolute Gasteiger partial charge is 0.503 e. The van der Waals surface area contributed by atoms with Gasteiger partial charge in [-0.3, -0.25) is 14.5 Å². The van der Waals surface area contributed by atoms with E-state index in [4.69, 9.17) is 4.74 Å². The summed E-state index contributed by atoms with van der Waals surface area (Å²) >= 11 is 0. The molecule has 1 heterocycles. The summed E-state index contributed by atoms with van der Waals surface area (Å²) < 4.78 is 5.31. The van der Waals surface area contributed by atoms with Gasteiger partial charge in [-0.1, -0.05) is 67.6 Å². The van der Waals surface area contributed by atoms with Crippen LogP contribution in [0.3, 0.4) is 0 Å². The van der Waals surface area contributed by atoms with Gasteiger partial charge in [0.05, 0.1) is 18.7 Å². The van der Waals surface area contributed by atoms with E-state index < -0.39 is 17.7 Å². The molecule has 1 aliphatic rings. The maximum atomic E-state index is 13.4. The molecule has 1 N–H and O–H groups in total. The first-order chi connectivity index (χ1) is 15.0. The number of aliphatic hydroxyl groups excluding tert-OH is 1. The van der Waals surface area contributed by atoms with E-state index in [0.29, 0.717) is 17.0 Å². The highest BCUT2D eigenvalue weighted by molar-refractivity contribution is 6.20. The second kappa shape index (κ2) is 8.48. The van der Waals surface area contributed by atoms with Crippen molar-refractivity contribution in [3.8, 4) is 5.75 Å². The summed E-state index contributed by atoms with van der Waals surface area (Å²) in [4.78, 5) is 28.0. The molecule has 31 heavy (non-hydrogen) atoms. The van der Waals surface area contributed by atoms with Crippen molar-refractivity contribution >= 4 is 17.4 Å². The molecule has 4 rings (SSSR count). The lowest BCUT2D eigenvalue weighted by Crippen LogP contribution is -2.31. The molecule has 1 aliphatic heterocycles. The lowest BCUT2D eigenvalue weighted by molar-refractivity contribution is -0.117. The molecule has 0 radical (unpaired) electrons. The Kier molecular flexibility index (Phi) is 5.58. The van der Waals surface area contributed by atoms with E-state index in [0.717, 1.165) is 17.5 Å². The Morgan fingerprint density at radius 3 is 2.35 bits per heavy atom. The van der Waals surface area contributed by atoms with Crippen molar-refractivity contribution in [2.45, 2.75) is 19.4 Å². The normalized spacial score (nSPS) is 16.0. The summed E-state index contributed by atoms with van der Waals surface area (Å²) in [5.74, 6) is -0.938. The van der Waals surface area contributed by atoms with Crippen LogP contribution in [0.15, 0.2) is 90.2 Å². The van der Waals surface area contributed by atoms with Crippen molar-refractivity contribution < 1.29 is 19.4 Å². The molecule has 1 amide bonds. The molecule has 5 nitrogen and oxygen atoms in total. The number of methoxy groups -OCH3 is 1. The van der Waals surface area contributed by atoms with Crippen molar-refractivity contribution in [1.29, 1.82) is 0 Å². The van der Waals surface area contributed by atoms with Gasteiger partial charge >= 0.3 is 0 Å². The number of nitrogens with zero attached hydrogens (tertiary/aromatic N) is 1. The molecule has 0 aromatic heterocycles. The zero-order valence-electron chi connectivity index (χ0n) is 17.4. The average Bonchev–Trinajstić information content (AvgIpc) is 3.09. The Morgan fingerprint density at radius 2 is 1.71 bits per heavy atom. The molecule has 0 aliphatic carbocycles. The molecule has 5 heteroatoms. The molecule has 0 bridgehead atoms. The minimum Gasteiger partial charge on any atom is -0.503 e. The van der Waals surface area contributed by atoms with Crippen molar-refractivity contribution in [1.82, 2.24) is 0 Å². The monoisotopic (exact) mass is 413 g/mol.